The zero-order chi connectivity index (χ0) is 27.1. The largest absolute Gasteiger partial charge is 0.494 e. The molecule has 0 unspecified atom stereocenters. The van der Waals surface area contributed by atoms with Gasteiger partial charge in [0.25, 0.3) is 5.56 Å². The third kappa shape index (κ3) is 4.34. The first-order valence-electron chi connectivity index (χ1n) is 12.9. The molecule has 0 aliphatic rings. The molecule has 0 aliphatic carbocycles. The van der Waals surface area contributed by atoms with Gasteiger partial charge in [0.1, 0.15) is 11.4 Å². The molecule has 3 heterocycles. The molecular formula is C32H23N5O2S. The molecule has 0 atom stereocenters. The molecule has 3 aromatic heterocycles. The van der Waals surface area contributed by atoms with E-state index in [4.69, 9.17) is 9.84 Å². The first kappa shape index (κ1) is 24.0. The van der Waals surface area contributed by atoms with Gasteiger partial charge in [-0.15, -0.1) is 5.10 Å². The zero-order valence-corrected chi connectivity index (χ0v) is 22.4. The Bertz CT molecular complexity index is 2090. The van der Waals surface area contributed by atoms with Crippen LogP contribution in [-0.2, 0) is 0 Å². The Morgan fingerprint density at radius 1 is 0.850 bits per heavy atom. The zero-order valence-electron chi connectivity index (χ0n) is 21.6. The Balaban J connectivity index is 1.33. The van der Waals surface area contributed by atoms with Crippen LogP contribution in [0.15, 0.2) is 108 Å². The van der Waals surface area contributed by atoms with Crippen LogP contribution in [0.2, 0.25) is 0 Å². The highest BCUT2D eigenvalue weighted by atomic mass is 32.1. The first-order valence-corrected chi connectivity index (χ1v) is 13.8. The molecule has 0 fully saturated rings. The van der Waals surface area contributed by atoms with Crippen LogP contribution in [0.3, 0.4) is 0 Å². The third-order valence-corrected chi connectivity index (χ3v) is 7.64. The number of hydrogen-bond acceptors (Lipinski definition) is 6. The monoisotopic (exact) mass is 541 g/mol. The van der Waals surface area contributed by atoms with Gasteiger partial charge in [-0.3, -0.25) is 4.79 Å². The van der Waals surface area contributed by atoms with Gasteiger partial charge in [0, 0.05) is 22.9 Å². The number of thiazole rings is 1. The van der Waals surface area contributed by atoms with Gasteiger partial charge in [-0.05, 0) is 66.2 Å². The van der Waals surface area contributed by atoms with E-state index in [0.717, 1.165) is 44.6 Å². The normalized spacial score (nSPS) is 12.0. The van der Waals surface area contributed by atoms with E-state index in [1.165, 1.54) is 15.9 Å². The summed E-state index contributed by atoms with van der Waals surface area (Å²) in [4.78, 5) is 18.6. The van der Waals surface area contributed by atoms with Crippen molar-refractivity contribution < 1.29 is 4.74 Å². The number of fused-ring (bicyclic) bond motifs is 2. The van der Waals surface area contributed by atoms with Gasteiger partial charge in [-0.1, -0.05) is 65.9 Å². The van der Waals surface area contributed by atoms with Crippen molar-refractivity contribution in [2.45, 2.75) is 6.92 Å². The van der Waals surface area contributed by atoms with Crippen LogP contribution in [0.5, 0.6) is 5.75 Å². The smallest absolute Gasteiger partial charge is 0.291 e. The maximum absolute atomic E-state index is 13.4. The van der Waals surface area contributed by atoms with Crippen molar-refractivity contribution in [3.05, 3.63) is 124 Å². The number of aromatic nitrogens is 5. The van der Waals surface area contributed by atoms with Gasteiger partial charge >= 0.3 is 0 Å². The number of rotatable bonds is 6. The second kappa shape index (κ2) is 9.91. The quantitative estimate of drug-likeness (QED) is 0.267. The SMILES string of the molecule is CCOc1ccc(-c2nc3s/c(=C\c4cn(-c5ccccc5)nc4-c4ccc5ccccc5c4)c(=O)n3n2)cc1. The van der Waals surface area contributed by atoms with Crippen molar-refractivity contribution in [1.29, 1.82) is 0 Å². The topological polar surface area (TPSA) is 74.3 Å². The lowest BCUT2D eigenvalue weighted by Crippen LogP contribution is -2.23. The fraction of sp³-hybridized carbons (Fsp3) is 0.0625. The Labute approximate surface area is 233 Å². The minimum absolute atomic E-state index is 0.207. The average Bonchev–Trinajstić information content (AvgIpc) is 3.69. The van der Waals surface area contributed by atoms with Gasteiger partial charge in [-0.2, -0.15) is 14.6 Å². The van der Waals surface area contributed by atoms with Crippen molar-refractivity contribution in [3.63, 3.8) is 0 Å². The number of para-hydroxylation sites is 1. The standard InChI is InChI=1S/C32H23N5O2S/c1-2-39-27-16-14-22(15-17-27)30-33-32-37(35-30)31(38)28(40-32)19-25-20-36(26-10-4-3-5-11-26)34-29(25)24-13-12-21-8-6-7-9-23(21)18-24/h3-20H,2H2,1H3/b28-19-. The Hall–Kier alpha value is -5.08. The molecule has 7 aromatic rings. The molecule has 0 radical (unpaired) electrons. The molecular weight excluding hydrogens is 518 g/mol. The molecule has 7 nitrogen and oxygen atoms in total. The predicted octanol–water partition coefficient (Wildman–Crippen LogP) is 5.77. The molecule has 0 saturated heterocycles. The lowest BCUT2D eigenvalue weighted by atomic mass is 10.0. The lowest BCUT2D eigenvalue weighted by molar-refractivity contribution is 0.340. The molecule has 8 heteroatoms. The predicted molar refractivity (Wildman–Crippen MR) is 159 cm³/mol. The molecule has 0 aliphatic heterocycles. The summed E-state index contributed by atoms with van der Waals surface area (Å²) in [7, 11) is 0. The lowest BCUT2D eigenvalue weighted by Gasteiger charge is -2.03. The van der Waals surface area contributed by atoms with E-state index in [1.54, 1.807) is 0 Å². The minimum atomic E-state index is -0.207. The average molecular weight is 542 g/mol. The highest BCUT2D eigenvalue weighted by Crippen LogP contribution is 2.28. The van der Waals surface area contributed by atoms with E-state index in [0.29, 0.717) is 21.9 Å². The van der Waals surface area contributed by atoms with Gasteiger partial charge in [0.05, 0.1) is 16.8 Å². The highest BCUT2D eigenvalue weighted by Gasteiger charge is 2.15. The Kier molecular flexibility index (Phi) is 5.94. The first-order chi connectivity index (χ1) is 19.7. The third-order valence-electron chi connectivity index (χ3n) is 6.68. The van der Waals surface area contributed by atoms with E-state index < -0.39 is 0 Å². The Morgan fingerprint density at radius 2 is 1.60 bits per heavy atom. The Morgan fingerprint density at radius 3 is 2.38 bits per heavy atom. The summed E-state index contributed by atoms with van der Waals surface area (Å²) in [6.45, 7) is 2.55. The molecule has 0 amide bonds. The molecule has 0 bridgehead atoms. The number of benzene rings is 4. The summed E-state index contributed by atoms with van der Waals surface area (Å²) < 4.78 is 9.29. The van der Waals surface area contributed by atoms with Crippen molar-refractivity contribution >= 4 is 33.1 Å². The highest BCUT2D eigenvalue weighted by molar-refractivity contribution is 7.15. The van der Waals surface area contributed by atoms with Crippen LogP contribution in [0.1, 0.15) is 12.5 Å². The molecule has 194 valence electrons. The van der Waals surface area contributed by atoms with Gasteiger partial charge in [0.2, 0.25) is 4.96 Å². The van der Waals surface area contributed by atoms with E-state index >= 15 is 0 Å². The number of nitrogens with zero attached hydrogens (tertiary/aromatic N) is 5. The summed E-state index contributed by atoms with van der Waals surface area (Å²) in [5, 5.41) is 11.7. The summed E-state index contributed by atoms with van der Waals surface area (Å²) in [6, 6.07) is 32.0. The van der Waals surface area contributed by atoms with Crippen molar-refractivity contribution in [3.8, 4) is 34.1 Å². The second-order valence-corrected chi connectivity index (χ2v) is 10.3. The summed E-state index contributed by atoms with van der Waals surface area (Å²) in [5.74, 6) is 1.29. The van der Waals surface area contributed by atoms with Crippen molar-refractivity contribution in [1.82, 2.24) is 24.4 Å². The van der Waals surface area contributed by atoms with Gasteiger partial charge in [0.15, 0.2) is 5.82 Å². The summed E-state index contributed by atoms with van der Waals surface area (Å²) in [5.41, 5.74) is 4.17. The minimum Gasteiger partial charge on any atom is -0.494 e. The van der Waals surface area contributed by atoms with E-state index in [-0.39, 0.29) is 5.56 Å². The van der Waals surface area contributed by atoms with E-state index in [9.17, 15) is 4.79 Å². The maximum atomic E-state index is 13.4. The number of ether oxygens (including phenoxy) is 1. The molecule has 7 rings (SSSR count). The summed E-state index contributed by atoms with van der Waals surface area (Å²) >= 11 is 1.32. The molecule has 4 aromatic carbocycles. The molecule has 0 N–H and O–H groups in total. The fourth-order valence-electron chi connectivity index (χ4n) is 4.73. The molecule has 0 spiro atoms. The van der Waals surface area contributed by atoms with Gasteiger partial charge < -0.3 is 4.74 Å². The van der Waals surface area contributed by atoms with Crippen LogP contribution in [0.25, 0.3) is 50.1 Å². The molecule has 40 heavy (non-hydrogen) atoms. The maximum Gasteiger partial charge on any atom is 0.291 e. The van der Waals surface area contributed by atoms with Crippen LogP contribution in [0.4, 0.5) is 0 Å². The van der Waals surface area contributed by atoms with Crippen LogP contribution in [-0.4, -0.2) is 31.0 Å². The van der Waals surface area contributed by atoms with Crippen molar-refractivity contribution in [2.24, 2.45) is 0 Å². The van der Waals surface area contributed by atoms with E-state index in [2.05, 4.69) is 40.4 Å². The van der Waals surface area contributed by atoms with Crippen LogP contribution < -0.4 is 14.8 Å². The van der Waals surface area contributed by atoms with Crippen LogP contribution >= 0.6 is 11.3 Å². The second-order valence-electron chi connectivity index (χ2n) is 9.28. The number of hydrogen-bond donors (Lipinski definition) is 0. The molecule has 0 saturated carbocycles. The van der Waals surface area contributed by atoms with E-state index in [1.807, 2.05) is 90.6 Å². The summed E-state index contributed by atoms with van der Waals surface area (Å²) in [6.07, 6.45) is 3.84. The van der Waals surface area contributed by atoms with Crippen molar-refractivity contribution in [2.75, 3.05) is 6.61 Å². The fourth-order valence-corrected chi connectivity index (χ4v) is 5.63. The van der Waals surface area contributed by atoms with Gasteiger partial charge in [-0.25, -0.2) is 4.68 Å². The van der Waals surface area contributed by atoms with Crippen LogP contribution in [0, 0.1) is 0 Å².